The number of benzene rings is 2. The minimum atomic E-state index is -3.84. The topological polar surface area (TPSA) is 86.6 Å². The fourth-order valence-corrected chi connectivity index (χ4v) is 3.57. The van der Waals surface area contributed by atoms with Gasteiger partial charge in [0.05, 0.1) is 6.16 Å². The molecule has 0 fully saturated rings. The fraction of sp³-hybridized carbons (Fsp3) is 0.188. The first kappa shape index (κ1) is 16.4. The molecule has 2 atom stereocenters. The van der Waals surface area contributed by atoms with E-state index in [2.05, 4.69) is 5.09 Å². The van der Waals surface area contributed by atoms with Gasteiger partial charge in [0.15, 0.2) is 0 Å². The molecule has 3 N–H and O–H groups in total. The molecule has 0 aliphatic heterocycles. The number of carbonyl (C=O) groups is 1. The van der Waals surface area contributed by atoms with E-state index in [9.17, 15) is 19.4 Å². The van der Waals surface area contributed by atoms with E-state index in [0.717, 1.165) is 5.56 Å². The average Bonchev–Trinajstić information content (AvgIpc) is 2.48. The van der Waals surface area contributed by atoms with Gasteiger partial charge >= 0.3 is 5.97 Å². The minimum Gasteiger partial charge on any atom is -0.480 e. The van der Waals surface area contributed by atoms with Crippen LogP contribution in [0, 0.1) is 6.92 Å². The van der Waals surface area contributed by atoms with Crippen molar-refractivity contribution >= 4 is 13.5 Å². The maximum absolute atomic E-state index is 12.3. The normalized spacial score (nSPS) is 15.0. The summed E-state index contributed by atoms with van der Waals surface area (Å²) in [4.78, 5) is 21.5. The Bertz CT molecular complexity index is 685. The zero-order valence-electron chi connectivity index (χ0n) is 12.1. The van der Waals surface area contributed by atoms with Crippen molar-refractivity contribution in [3.63, 3.8) is 0 Å². The van der Waals surface area contributed by atoms with E-state index in [1.54, 1.807) is 42.5 Å². The number of carboxylic acid groups (broad SMARTS) is 1. The molecule has 0 radical (unpaired) electrons. The summed E-state index contributed by atoms with van der Waals surface area (Å²) in [7, 11) is -3.84. The predicted molar refractivity (Wildman–Crippen MR) is 84.7 cm³/mol. The van der Waals surface area contributed by atoms with Crippen LogP contribution in [0.3, 0.4) is 0 Å². The van der Waals surface area contributed by atoms with Crippen molar-refractivity contribution in [2.75, 3.05) is 0 Å². The Balaban J connectivity index is 2.16. The standard InChI is InChI=1S/C16H18NO4P/c1-12-7-9-13(10-8-12)11-22(20,21)17-15(16(18)19)14-5-3-2-4-6-14/h2-10,15H,11H2,1H3,(H,18,19)(H2,17,20,21). The smallest absolute Gasteiger partial charge is 0.325 e. The molecule has 6 heteroatoms. The maximum Gasteiger partial charge on any atom is 0.325 e. The Labute approximate surface area is 129 Å². The summed E-state index contributed by atoms with van der Waals surface area (Å²) in [5.74, 6) is -1.19. The largest absolute Gasteiger partial charge is 0.480 e. The van der Waals surface area contributed by atoms with Gasteiger partial charge in [-0.05, 0) is 18.1 Å². The molecule has 116 valence electrons. The van der Waals surface area contributed by atoms with E-state index in [-0.39, 0.29) is 6.16 Å². The second kappa shape index (κ2) is 6.88. The Kier molecular flexibility index (Phi) is 5.14. The number of nitrogens with one attached hydrogen (secondary N) is 1. The highest BCUT2D eigenvalue weighted by Gasteiger charge is 2.29. The first-order chi connectivity index (χ1) is 10.4. The molecule has 0 amide bonds. The summed E-state index contributed by atoms with van der Waals surface area (Å²) >= 11 is 0. The van der Waals surface area contributed by atoms with Crippen LogP contribution in [-0.2, 0) is 15.5 Å². The SMILES string of the molecule is Cc1ccc(CP(=O)(O)NC(C(=O)O)c2ccccc2)cc1. The molecule has 0 heterocycles. The Morgan fingerprint density at radius 2 is 1.73 bits per heavy atom. The van der Waals surface area contributed by atoms with Crippen molar-refractivity contribution in [1.29, 1.82) is 0 Å². The Morgan fingerprint density at radius 1 is 1.14 bits per heavy atom. The molecule has 2 unspecified atom stereocenters. The molecule has 0 aromatic heterocycles. The van der Waals surface area contributed by atoms with Crippen LogP contribution in [0.1, 0.15) is 22.7 Å². The second-order valence-corrected chi connectivity index (χ2v) is 7.13. The van der Waals surface area contributed by atoms with Gasteiger partial charge in [-0.1, -0.05) is 60.2 Å². The van der Waals surface area contributed by atoms with Crippen LogP contribution in [-0.4, -0.2) is 16.0 Å². The summed E-state index contributed by atoms with van der Waals surface area (Å²) in [6, 6.07) is 14.4. The molecule has 2 aromatic carbocycles. The quantitative estimate of drug-likeness (QED) is 0.712. The molecule has 22 heavy (non-hydrogen) atoms. The molecule has 0 saturated heterocycles. The van der Waals surface area contributed by atoms with Crippen LogP contribution in [0.2, 0.25) is 0 Å². The van der Waals surface area contributed by atoms with Crippen molar-refractivity contribution in [3.05, 3.63) is 71.3 Å². The van der Waals surface area contributed by atoms with Crippen LogP contribution in [0.5, 0.6) is 0 Å². The highest BCUT2D eigenvalue weighted by Crippen LogP contribution is 2.42. The first-order valence-electron chi connectivity index (χ1n) is 6.80. The molecular weight excluding hydrogens is 301 g/mol. The number of aryl methyl sites for hydroxylation is 1. The van der Waals surface area contributed by atoms with E-state index < -0.39 is 19.5 Å². The van der Waals surface area contributed by atoms with Crippen LogP contribution < -0.4 is 5.09 Å². The lowest BCUT2D eigenvalue weighted by atomic mass is 10.1. The van der Waals surface area contributed by atoms with Gasteiger partial charge in [-0.2, -0.15) is 0 Å². The summed E-state index contributed by atoms with van der Waals surface area (Å²) in [6.07, 6.45) is -0.121. The zero-order chi connectivity index (χ0) is 16.2. The third-order valence-corrected chi connectivity index (χ3v) is 4.68. The number of hydrogen-bond acceptors (Lipinski definition) is 2. The summed E-state index contributed by atoms with van der Waals surface area (Å²) in [6.45, 7) is 1.93. The van der Waals surface area contributed by atoms with Gasteiger partial charge in [0.1, 0.15) is 6.04 Å². The number of rotatable bonds is 6. The van der Waals surface area contributed by atoms with Crippen LogP contribution in [0.15, 0.2) is 54.6 Å². The number of hydrogen-bond donors (Lipinski definition) is 3. The molecule has 0 bridgehead atoms. The van der Waals surface area contributed by atoms with Gasteiger partial charge in [-0.15, -0.1) is 0 Å². The lowest BCUT2D eigenvalue weighted by Crippen LogP contribution is -2.26. The summed E-state index contributed by atoms with van der Waals surface area (Å²) < 4.78 is 12.3. The van der Waals surface area contributed by atoms with Gasteiger partial charge in [0, 0.05) is 0 Å². The van der Waals surface area contributed by atoms with Gasteiger partial charge in [0.25, 0.3) is 7.52 Å². The van der Waals surface area contributed by atoms with Crippen molar-refractivity contribution in [1.82, 2.24) is 5.09 Å². The zero-order valence-corrected chi connectivity index (χ0v) is 13.0. The van der Waals surface area contributed by atoms with Gasteiger partial charge in [-0.25, -0.2) is 5.09 Å². The van der Waals surface area contributed by atoms with Gasteiger partial charge in [-0.3, -0.25) is 9.36 Å². The molecule has 2 rings (SSSR count). The lowest BCUT2D eigenvalue weighted by molar-refractivity contribution is -0.139. The van der Waals surface area contributed by atoms with E-state index >= 15 is 0 Å². The molecular formula is C16H18NO4P. The predicted octanol–water partition coefficient (Wildman–Crippen LogP) is 3.10. The monoisotopic (exact) mass is 319 g/mol. The highest BCUT2D eigenvalue weighted by atomic mass is 31.2. The van der Waals surface area contributed by atoms with E-state index in [0.29, 0.717) is 11.1 Å². The summed E-state index contributed by atoms with van der Waals surface area (Å²) in [5, 5.41) is 11.7. The number of aliphatic carboxylic acids is 1. The lowest BCUT2D eigenvalue weighted by Gasteiger charge is -2.19. The van der Waals surface area contributed by atoms with Gasteiger partial charge < -0.3 is 10.00 Å². The van der Waals surface area contributed by atoms with Crippen LogP contribution in [0.25, 0.3) is 0 Å². The average molecular weight is 319 g/mol. The molecule has 0 aliphatic carbocycles. The van der Waals surface area contributed by atoms with Crippen molar-refractivity contribution < 1.29 is 19.4 Å². The van der Waals surface area contributed by atoms with E-state index in [4.69, 9.17) is 0 Å². The molecule has 0 aliphatic rings. The van der Waals surface area contributed by atoms with Crippen molar-refractivity contribution in [3.8, 4) is 0 Å². The van der Waals surface area contributed by atoms with E-state index in [1.165, 1.54) is 0 Å². The van der Waals surface area contributed by atoms with Crippen LogP contribution >= 0.6 is 7.52 Å². The molecule has 0 saturated carbocycles. The molecule has 0 spiro atoms. The second-order valence-electron chi connectivity index (χ2n) is 5.16. The number of carboxylic acids is 1. The highest BCUT2D eigenvalue weighted by molar-refractivity contribution is 7.55. The minimum absolute atomic E-state index is 0.121. The van der Waals surface area contributed by atoms with Crippen molar-refractivity contribution in [2.24, 2.45) is 0 Å². The third-order valence-electron chi connectivity index (χ3n) is 3.23. The first-order valence-corrected chi connectivity index (χ1v) is 8.65. The Morgan fingerprint density at radius 3 is 2.27 bits per heavy atom. The van der Waals surface area contributed by atoms with E-state index in [1.807, 2.05) is 19.1 Å². The van der Waals surface area contributed by atoms with Gasteiger partial charge in [0.2, 0.25) is 0 Å². The van der Waals surface area contributed by atoms with Crippen molar-refractivity contribution in [2.45, 2.75) is 19.1 Å². The maximum atomic E-state index is 12.3. The molecule has 2 aromatic rings. The van der Waals surface area contributed by atoms with Crippen LogP contribution in [0.4, 0.5) is 0 Å². The molecule has 5 nitrogen and oxygen atoms in total. The third kappa shape index (κ3) is 4.53. The Hall–Kier alpha value is -1.94. The fourth-order valence-electron chi connectivity index (χ4n) is 2.11. The summed E-state index contributed by atoms with van der Waals surface area (Å²) in [5.41, 5.74) is 2.17.